The third-order valence-electron chi connectivity index (χ3n) is 1.98. The number of hydrogen-bond donors (Lipinski definition) is 2. The van der Waals surface area contributed by atoms with Crippen molar-refractivity contribution in [2.75, 3.05) is 5.73 Å². The lowest BCUT2D eigenvalue weighted by molar-refractivity contribution is 1.06. The highest BCUT2D eigenvalue weighted by Gasteiger charge is 2.05. The molecule has 0 fully saturated rings. The smallest absolute Gasteiger partial charge is 0.165 e. The van der Waals surface area contributed by atoms with Crippen molar-refractivity contribution in [3.63, 3.8) is 0 Å². The highest BCUT2D eigenvalue weighted by Crippen LogP contribution is 2.28. The van der Waals surface area contributed by atoms with Gasteiger partial charge >= 0.3 is 0 Å². The van der Waals surface area contributed by atoms with Crippen LogP contribution in [0.2, 0.25) is 5.02 Å². The monoisotopic (exact) mass is 239 g/mol. The molecule has 0 bridgehead atoms. The van der Waals surface area contributed by atoms with Crippen molar-refractivity contribution in [3.05, 3.63) is 41.2 Å². The van der Waals surface area contributed by atoms with Crippen molar-refractivity contribution in [1.82, 2.24) is 9.97 Å². The van der Waals surface area contributed by atoms with Gasteiger partial charge in [-0.15, -0.1) is 0 Å². The Hall–Kier alpha value is -1.13. The standard InChI is InChI=1S/C10H10ClN3S/c11-8-2-1-3-9(12)7(8)6-15-10-13-4-5-14-10/h1-5H,6,12H2,(H,13,14). The van der Waals surface area contributed by atoms with Crippen molar-refractivity contribution < 1.29 is 0 Å². The number of halogens is 1. The topological polar surface area (TPSA) is 54.7 Å². The van der Waals surface area contributed by atoms with E-state index in [9.17, 15) is 0 Å². The van der Waals surface area contributed by atoms with E-state index in [1.54, 1.807) is 24.2 Å². The van der Waals surface area contributed by atoms with Crippen LogP contribution in [0.3, 0.4) is 0 Å². The van der Waals surface area contributed by atoms with E-state index < -0.39 is 0 Å². The molecule has 2 aromatic rings. The number of H-pyrrole nitrogens is 1. The van der Waals surface area contributed by atoms with Crippen LogP contribution in [0.1, 0.15) is 5.56 Å². The van der Waals surface area contributed by atoms with Crippen molar-refractivity contribution in [2.24, 2.45) is 0 Å². The zero-order valence-corrected chi connectivity index (χ0v) is 9.48. The highest BCUT2D eigenvalue weighted by molar-refractivity contribution is 7.98. The van der Waals surface area contributed by atoms with Gasteiger partial charge < -0.3 is 10.7 Å². The number of benzene rings is 1. The van der Waals surface area contributed by atoms with E-state index in [2.05, 4.69) is 9.97 Å². The van der Waals surface area contributed by atoms with Gasteiger partial charge in [-0.2, -0.15) is 0 Å². The zero-order chi connectivity index (χ0) is 10.7. The van der Waals surface area contributed by atoms with E-state index in [-0.39, 0.29) is 0 Å². The Morgan fingerprint density at radius 2 is 2.33 bits per heavy atom. The van der Waals surface area contributed by atoms with Crippen LogP contribution in [0.4, 0.5) is 5.69 Å². The second-order valence-electron chi connectivity index (χ2n) is 2.99. The van der Waals surface area contributed by atoms with Crippen LogP contribution in [0.15, 0.2) is 35.7 Å². The molecule has 5 heteroatoms. The number of anilines is 1. The molecule has 2 rings (SSSR count). The van der Waals surface area contributed by atoms with Crippen LogP contribution in [0, 0.1) is 0 Å². The molecule has 1 aromatic heterocycles. The molecular weight excluding hydrogens is 230 g/mol. The first kappa shape index (κ1) is 10.4. The van der Waals surface area contributed by atoms with Gasteiger partial charge in [0, 0.05) is 34.4 Å². The van der Waals surface area contributed by atoms with Gasteiger partial charge in [0.25, 0.3) is 0 Å². The number of nitrogens with two attached hydrogens (primary N) is 1. The summed E-state index contributed by atoms with van der Waals surface area (Å²) in [5.74, 6) is 0.721. The predicted molar refractivity (Wildman–Crippen MR) is 64.0 cm³/mol. The van der Waals surface area contributed by atoms with Gasteiger partial charge in [-0.3, -0.25) is 0 Å². The maximum Gasteiger partial charge on any atom is 0.165 e. The van der Waals surface area contributed by atoms with Crippen molar-refractivity contribution in [3.8, 4) is 0 Å². The number of aromatic amines is 1. The predicted octanol–water partition coefficient (Wildman–Crippen LogP) is 2.94. The van der Waals surface area contributed by atoms with E-state index >= 15 is 0 Å². The maximum atomic E-state index is 6.05. The fourth-order valence-corrected chi connectivity index (χ4v) is 2.42. The Kier molecular flexibility index (Phi) is 3.18. The molecule has 0 aliphatic rings. The molecule has 0 saturated carbocycles. The summed E-state index contributed by atoms with van der Waals surface area (Å²) in [6, 6.07) is 5.54. The second kappa shape index (κ2) is 4.59. The third kappa shape index (κ3) is 2.46. The first-order chi connectivity index (χ1) is 7.27. The number of rotatable bonds is 3. The molecule has 78 valence electrons. The first-order valence-corrected chi connectivity index (χ1v) is 5.79. The molecule has 0 aliphatic carbocycles. The SMILES string of the molecule is Nc1cccc(Cl)c1CSc1ncc[nH]1. The molecule has 3 N–H and O–H groups in total. The molecule has 0 atom stereocenters. The number of aromatic nitrogens is 2. The minimum atomic E-state index is 0.703. The van der Waals surface area contributed by atoms with Gasteiger partial charge in [-0.1, -0.05) is 29.4 Å². The minimum Gasteiger partial charge on any atom is -0.398 e. The lowest BCUT2D eigenvalue weighted by atomic mass is 10.2. The highest BCUT2D eigenvalue weighted by atomic mass is 35.5. The van der Waals surface area contributed by atoms with Crippen LogP contribution in [0.5, 0.6) is 0 Å². The number of imidazole rings is 1. The Bertz CT molecular complexity index is 422. The summed E-state index contributed by atoms with van der Waals surface area (Å²) in [6.45, 7) is 0. The van der Waals surface area contributed by atoms with Crippen LogP contribution in [-0.4, -0.2) is 9.97 Å². The molecule has 1 aromatic carbocycles. The molecule has 3 nitrogen and oxygen atoms in total. The van der Waals surface area contributed by atoms with Crippen molar-refractivity contribution in [1.29, 1.82) is 0 Å². The van der Waals surface area contributed by atoms with Crippen LogP contribution in [-0.2, 0) is 5.75 Å². The summed E-state index contributed by atoms with van der Waals surface area (Å²) in [4.78, 5) is 7.13. The summed E-state index contributed by atoms with van der Waals surface area (Å²) < 4.78 is 0. The number of hydrogen-bond acceptors (Lipinski definition) is 3. The average Bonchev–Trinajstić information content (AvgIpc) is 2.70. The van der Waals surface area contributed by atoms with Crippen molar-refractivity contribution in [2.45, 2.75) is 10.9 Å². The molecule has 0 aliphatic heterocycles. The molecule has 0 unspecified atom stereocenters. The number of nitrogen functional groups attached to an aromatic ring is 1. The Labute approximate surface area is 97.0 Å². The molecule has 0 amide bonds. The Balaban J connectivity index is 2.11. The molecule has 1 heterocycles. The first-order valence-electron chi connectivity index (χ1n) is 4.42. The largest absolute Gasteiger partial charge is 0.398 e. The van der Waals surface area contributed by atoms with Gasteiger partial charge in [0.15, 0.2) is 5.16 Å². The summed E-state index contributed by atoms with van der Waals surface area (Å²) in [5, 5.41) is 1.57. The normalized spacial score (nSPS) is 10.5. The van der Waals surface area contributed by atoms with E-state index in [0.29, 0.717) is 5.02 Å². The number of nitrogens with one attached hydrogen (secondary N) is 1. The van der Waals surface area contributed by atoms with E-state index in [0.717, 1.165) is 22.2 Å². The molecule has 0 saturated heterocycles. The summed E-state index contributed by atoms with van der Waals surface area (Å²) in [7, 11) is 0. The summed E-state index contributed by atoms with van der Waals surface area (Å²) in [5.41, 5.74) is 7.51. The number of nitrogens with zero attached hydrogens (tertiary/aromatic N) is 1. The van der Waals surface area contributed by atoms with Gasteiger partial charge in [0.2, 0.25) is 0 Å². The van der Waals surface area contributed by atoms with E-state index in [1.165, 1.54) is 0 Å². The van der Waals surface area contributed by atoms with Gasteiger partial charge in [0.1, 0.15) is 0 Å². The third-order valence-corrected chi connectivity index (χ3v) is 3.27. The maximum absolute atomic E-state index is 6.05. The lowest BCUT2D eigenvalue weighted by Gasteiger charge is -2.05. The molecule has 0 spiro atoms. The fraction of sp³-hybridized carbons (Fsp3) is 0.100. The molecule has 15 heavy (non-hydrogen) atoms. The molecule has 0 radical (unpaired) electrons. The van der Waals surface area contributed by atoms with Gasteiger partial charge in [-0.25, -0.2) is 4.98 Å². The van der Waals surface area contributed by atoms with Crippen LogP contribution in [0.25, 0.3) is 0 Å². The quantitative estimate of drug-likeness (QED) is 0.640. The van der Waals surface area contributed by atoms with E-state index in [4.69, 9.17) is 17.3 Å². The average molecular weight is 240 g/mol. The van der Waals surface area contributed by atoms with Crippen LogP contribution < -0.4 is 5.73 Å². The molecular formula is C10H10ClN3S. The van der Waals surface area contributed by atoms with E-state index in [1.807, 2.05) is 18.2 Å². The fourth-order valence-electron chi connectivity index (χ4n) is 1.20. The van der Waals surface area contributed by atoms with Crippen molar-refractivity contribution >= 4 is 29.1 Å². The minimum absolute atomic E-state index is 0.703. The lowest BCUT2D eigenvalue weighted by Crippen LogP contribution is -1.93. The van der Waals surface area contributed by atoms with Crippen LogP contribution >= 0.6 is 23.4 Å². The Morgan fingerprint density at radius 3 is 3.00 bits per heavy atom. The summed E-state index contributed by atoms with van der Waals surface area (Å²) >= 11 is 7.62. The Morgan fingerprint density at radius 1 is 1.47 bits per heavy atom. The van der Waals surface area contributed by atoms with Gasteiger partial charge in [0.05, 0.1) is 0 Å². The second-order valence-corrected chi connectivity index (χ2v) is 4.36. The summed E-state index contributed by atoms with van der Waals surface area (Å²) in [6.07, 6.45) is 3.51. The van der Waals surface area contributed by atoms with Gasteiger partial charge in [-0.05, 0) is 12.1 Å². The zero-order valence-electron chi connectivity index (χ0n) is 7.90. The number of thioether (sulfide) groups is 1.